The molecule has 0 heterocycles. The molecule has 0 bridgehead atoms. The topological polar surface area (TPSA) is 208 Å². The van der Waals surface area contributed by atoms with Gasteiger partial charge in [0.15, 0.2) is 0 Å². The Morgan fingerprint density at radius 3 is 2.24 bits per heavy atom. The molecule has 184 valence electrons. The van der Waals surface area contributed by atoms with E-state index < -0.39 is 52.7 Å². The highest BCUT2D eigenvalue weighted by Crippen LogP contribution is 2.34. The second-order valence-electron chi connectivity index (χ2n) is 8.13. The number of phenolic OH excluding ortho intramolecular Hbond substituents is 2. The number of aromatic hydroxyl groups is 2. The monoisotopic (exact) mass is 486 g/mol. The lowest BCUT2D eigenvalue weighted by atomic mass is 9.97. The average molecular weight is 487 g/mol. The first kappa shape index (κ1) is 28.2. The molecule has 1 rings (SSSR count). The number of amides is 2. The second-order valence-corrected chi connectivity index (χ2v) is 8.51. The van der Waals surface area contributed by atoms with Crippen LogP contribution in [0.2, 0.25) is 5.02 Å². The summed E-state index contributed by atoms with van der Waals surface area (Å²) >= 11 is 5.66. The van der Waals surface area contributed by atoms with Crippen molar-refractivity contribution in [1.29, 1.82) is 0 Å². The van der Waals surface area contributed by atoms with Crippen molar-refractivity contribution in [2.45, 2.75) is 57.2 Å². The first-order valence-electron chi connectivity index (χ1n) is 10.2. The number of carboxylic acid groups (broad SMARTS) is 1. The van der Waals surface area contributed by atoms with Crippen molar-refractivity contribution in [3.8, 4) is 11.5 Å². The number of aliphatic hydroxyl groups is 1. The van der Waals surface area contributed by atoms with Gasteiger partial charge in [0.1, 0.15) is 28.3 Å². The summed E-state index contributed by atoms with van der Waals surface area (Å²) in [7, 11) is 0. The Labute approximate surface area is 196 Å². The zero-order valence-corrected chi connectivity index (χ0v) is 19.2. The molecule has 0 saturated heterocycles. The van der Waals surface area contributed by atoms with Crippen LogP contribution in [0.15, 0.2) is 17.8 Å². The normalized spacial score (nSPS) is 13.8. The van der Waals surface area contributed by atoms with Crippen LogP contribution >= 0.6 is 11.6 Å². The van der Waals surface area contributed by atoms with Gasteiger partial charge >= 0.3 is 5.97 Å². The molecule has 0 radical (unpaired) electrons. The van der Waals surface area contributed by atoms with Gasteiger partial charge in [-0.1, -0.05) is 18.0 Å². The van der Waals surface area contributed by atoms with Gasteiger partial charge in [-0.25, -0.2) is 4.79 Å². The molecule has 0 spiro atoms. The SMILES string of the molecule is CC(C)(O)[C@H](NC(=O)C[C@@H](N)CCCCN)C(=O)N/C(=C/c1cc(O)c(Cl)c(O)c1)C(=O)O. The number of nitrogens with one attached hydrogen (secondary N) is 2. The maximum Gasteiger partial charge on any atom is 0.352 e. The van der Waals surface area contributed by atoms with Crippen molar-refractivity contribution < 1.29 is 34.8 Å². The van der Waals surface area contributed by atoms with E-state index in [4.69, 9.17) is 23.1 Å². The molecule has 0 aliphatic rings. The van der Waals surface area contributed by atoms with Crippen LogP contribution < -0.4 is 22.1 Å². The van der Waals surface area contributed by atoms with Crippen LogP contribution in [0.25, 0.3) is 6.08 Å². The Kier molecular flexibility index (Phi) is 10.6. The third-order valence-electron chi connectivity index (χ3n) is 4.61. The molecule has 0 aliphatic carbocycles. The minimum Gasteiger partial charge on any atom is -0.506 e. The number of benzene rings is 1. The summed E-state index contributed by atoms with van der Waals surface area (Å²) in [5.74, 6) is -4.12. The molecule has 2 atom stereocenters. The molecule has 0 aliphatic heterocycles. The molecule has 12 heteroatoms. The molecule has 33 heavy (non-hydrogen) atoms. The summed E-state index contributed by atoms with van der Waals surface area (Å²) in [6.07, 6.45) is 2.92. The highest BCUT2D eigenvalue weighted by atomic mass is 35.5. The third-order valence-corrected chi connectivity index (χ3v) is 4.99. The lowest BCUT2D eigenvalue weighted by molar-refractivity contribution is -0.137. The summed E-state index contributed by atoms with van der Waals surface area (Å²) in [4.78, 5) is 36.8. The lowest BCUT2D eigenvalue weighted by Crippen LogP contribution is -2.58. The van der Waals surface area contributed by atoms with Crippen LogP contribution in [-0.2, 0) is 14.4 Å². The van der Waals surface area contributed by atoms with Crippen molar-refractivity contribution >= 4 is 35.5 Å². The van der Waals surface area contributed by atoms with Gasteiger partial charge in [0, 0.05) is 12.5 Å². The Balaban J connectivity index is 3.01. The maximum absolute atomic E-state index is 12.8. The van der Waals surface area contributed by atoms with Gasteiger partial charge in [0.2, 0.25) is 11.8 Å². The lowest BCUT2D eigenvalue weighted by Gasteiger charge is -2.29. The first-order valence-corrected chi connectivity index (χ1v) is 10.6. The number of halogens is 1. The zero-order valence-electron chi connectivity index (χ0n) is 18.5. The molecule has 1 aromatic rings. The fourth-order valence-electron chi connectivity index (χ4n) is 2.90. The van der Waals surface area contributed by atoms with Crippen LogP contribution in [0.1, 0.15) is 45.1 Å². The van der Waals surface area contributed by atoms with E-state index in [1.807, 2.05) is 0 Å². The van der Waals surface area contributed by atoms with E-state index in [-0.39, 0.29) is 17.0 Å². The van der Waals surface area contributed by atoms with Gasteiger partial charge in [0.25, 0.3) is 0 Å². The van der Waals surface area contributed by atoms with Crippen LogP contribution in [0, 0.1) is 0 Å². The van der Waals surface area contributed by atoms with Gasteiger partial charge in [-0.2, -0.15) is 0 Å². The number of carbonyl (C=O) groups excluding carboxylic acids is 2. The molecular weight excluding hydrogens is 456 g/mol. The molecule has 1 aromatic carbocycles. The number of aliphatic carboxylic acids is 1. The fraction of sp³-hybridized carbons (Fsp3) is 0.476. The minimum absolute atomic E-state index is 0.0272. The number of nitrogens with two attached hydrogens (primary N) is 2. The number of hydrogen-bond donors (Lipinski definition) is 8. The minimum atomic E-state index is -1.75. The highest BCUT2D eigenvalue weighted by molar-refractivity contribution is 6.33. The summed E-state index contributed by atoms with van der Waals surface area (Å²) < 4.78 is 0. The maximum atomic E-state index is 12.8. The molecule has 0 aromatic heterocycles. The Morgan fingerprint density at radius 1 is 1.18 bits per heavy atom. The van der Waals surface area contributed by atoms with Crippen LogP contribution in [0.4, 0.5) is 0 Å². The van der Waals surface area contributed by atoms with Gasteiger partial charge in [0.05, 0.1) is 5.60 Å². The molecule has 0 fully saturated rings. The standard InChI is InChI=1S/C21H31ClN4O7/c1-21(2,33)18(26-16(29)10-12(24)5-3-4-6-23)19(30)25-13(20(31)32)7-11-8-14(27)17(22)15(28)9-11/h7-9,12,18,27-28,33H,3-6,10,23-24H2,1-2H3,(H,25,30)(H,26,29)(H,31,32)/b13-7+/t12-,18+/m0/s1. The van der Waals surface area contributed by atoms with Crippen LogP contribution in [-0.4, -0.2) is 62.4 Å². The fourth-order valence-corrected chi connectivity index (χ4v) is 3.00. The zero-order chi connectivity index (χ0) is 25.3. The number of hydrogen-bond acceptors (Lipinski definition) is 8. The van der Waals surface area contributed by atoms with E-state index in [1.165, 1.54) is 13.8 Å². The Bertz CT molecular complexity index is 876. The highest BCUT2D eigenvalue weighted by Gasteiger charge is 2.36. The van der Waals surface area contributed by atoms with Crippen molar-refractivity contribution in [3.05, 3.63) is 28.4 Å². The number of carboxylic acids is 1. The van der Waals surface area contributed by atoms with E-state index in [0.717, 1.165) is 31.1 Å². The van der Waals surface area contributed by atoms with Gasteiger partial charge < -0.3 is 42.5 Å². The second kappa shape index (κ2) is 12.4. The van der Waals surface area contributed by atoms with Gasteiger partial charge in [-0.3, -0.25) is 9.59 Å². The van der Waals surface area contributed by atoms with Crippen LogP contribution in [0.3, 0.4) is 0 Å². The number of carbonyl (C=O) groups is 3. The van der Waals surface area contributed by atoms with Gasteiger partial charge in [-0.15, -0.1) is 0 Å². The number of phenols is 2. The summed E-state index contributed by atoms with van der Waals surface area (Å²) in [6.45, 7) is 3.06. The van der Waals surface area contributed by atoms with Crippen LogP contribution in [0.5, 0.6) is 11.5 Å². The largest absolute Gasteiger partial charge is 0.506 e. The smallest absolute Gasteiger partial charge is 0.352 e. The van der Waals surface area contributed by atoms with E-state index >= 15 is 0 Å². The molecule has 10 N–H and O–H groups in total. The summed E-state index contributed by atoms with van der Waals surface area (Å²) in [5, 5.41) is 43.4. The van der Waals surface area contributed by atoms with E-state index in [2.05, 4.69) is 10.6 Å². The number of rotatable bonds is 12. The van der Waals surface area contributed by atoms with Crippen molar-refractivity contribution in [1.82, 2.24) is 10.6 Å². The van der Waals surface area contributed by atoms with Crippen molar-refractivity contribution in [2.75, 3.05) is 6.54 Å². The first-order chi connectivity index (χ1) is 15.3. The Hall–Kier alpha value is -2.86. The van der Waals surface area contributed by atoms with E-state index in [0.29, 0.717) is 13.0 Å². The van der Waals surface area contributed by atoms with Crippen molar-refractivity contribution in [2.24, 2.45) is 11.5 Å². The summed E-state index contributed by atoms with van der Waals surface area (Å²) in [6, 6.07) is 0.189. The predicted octanol–water partition coefficient (Wildman–Crippen LogP) is 0.395. The third kappa shape index (κ3) is 9.26. The average Bonchev–Trinajstić information content (AvgIpc) is 2.68. The predicted molar refractivity (Wildman–Crippen MR) is 122 cm³/mol. The quantitative estimate of drug-likeness (QED) is 0.151. The summed E-state index contributed by atoms with van der Waals surface area (Å²) in [5.41, 5.74) is 8.99. The van der Waals surface area contributed by atoms with Crippen molar-refractivity contribution in [3.63, 3.8) is 0 Å². The molecule has 0 unspecified atom stereocenters. The number of unbranched alkanes of at least 4 members (excludes halogenated alkanes) is 1. The molecule has 2 amide bonds. The van der Waals surface area contributed by atoms with E-state index in [1.54, 1.807) is 0 Å². The molecule has 11 nitrogen and oxygen atoms in total. The van der Waals surface area contributed by atoms with E-state index in [9.17, 15) is 34.8 Å². The molecular formula is C21H31ClN4O7. The molecule has 0 saturated carbocycles. The van der Waals surface area contributed by atoms with Gasteiger partial charge in [-0.05, 0) is 57.0 Å². The Morgan fingerprint density at radius 2 is 1.76 bits per heavy atom.